The first kappa shape index (κ1) is 15.5. The monoisotopic (exact) mass is 292 g/mol. The first-order valence-electron chi connectivity index (χ1n) is 5.20. The van der Waals surface area contributed by atoms with Gasteiger partial charge in [-0.25, -0.2) is 12.7 Å². The van der Waals surface area contributed by atoms with E-state index in [9.17, 15) is 21.6 Å². The summed E-state index contributed by atoms with van der Waals surface area (Å²) in [4.78, 5) is -0.198. The lowest BCUT2D eigenvalue weighted by Crippen LogP contribution is -2.30. The highest BCUT2D eigenvalue weighted by molar-refractivity contribution is 7.89. The molecule has 0 aromatic heterocycles. The molecule has 104 valence electrons. The fraction of sp³-hybridized carbons (Fsp3) is 0.364. The number of benzene rings is 1. The van der Waals surface area contributed by atoms with E-state index in [1.54, 1.807) is 6.07 Å². The van der Waals surface area contributed by atoms with Crippen LogP contribution in [0.15, 0.2) is 29.2 Å². The molecule has 0 fully saturated rings. The van der Waals surface area contributed by atoms with Crippen molar-refractivity contribution in [3.8, 4) is 6.07 Å². The summed E-state index contributed by atoms with van der Waals surface area (Å²) in [5, 5.41) is 8.67. The molecule has 0 atom stereocenters. The Balaban J connectivity index is 2.94. The van der Waals surface area contributed by atoms with Crippen LogP contribution < -0.4 is 0 Å². The maximum absolute atomic E-state index is 12.1. The van der Waals surface area contributed by atoms with Crippen molar-refractivity contribution in [2.45, 2.75) is 17.5 Å². The fourth-order valence-corrected chi connectivity index (χ4v) is 2.53. The Kier molecular flexibility index (Phi) is 4.55. The van der Waals surface area contributed by atoms with Crippen LogP contribution in [0, 0.1) is 11.3 Å². The molecule has 19 heavy (non-hydrogen) atoms. The van der Waals surface area contributed by atoms with Crippen molar-refractivity contribution in [1.29, 1.82) is 5.26 Å². The third-order valence-corrected chi connectivity index (χ3v) is 4.23. The minimum Gasteiger partial charge on any atom is -0.207 e. The summed E-state index contributed by atoms with van der Waals surface area (Å²) in [5.41, 5.74) is 0.130. The van der Waals surface area contributed by atoms with Crippen molar-refractivity contribution < 1.29 is 21.6 Å². The molecule has 0 amide bonds. The van der Waals surface area contributed by atoms with Gasteiger partial charge in [-0.15, -0.1) is 0 Å². The van der Waals surface area contributed by atoms with E-state index in [0.717, 1.165) is 13.1 Å². The molecule has 0 spiro atoms. The van der Waals surface area contributed by atoms with Gasteiger partial charge >= 0.3 is 6.18 Å². The maximum atomic E-state index is 12.1. The summed E-state index contributed by atoms with van der Waals surface area (Å²) >= 11 is 0. The average Bonchev–Trinajstić information content (AvgIpc) is 2.35. The van der Waals surface area contributed by atoms with E-state index < -0.39 is 29.2 Å². The molecule has 0 heterocycles. The zero-order chi connectivity index (χ0) is 14.7. The Morgan fingerprint density at radius 2 is 2.00 bits per heavy atom. The van der Waals surface area contributed by atoms with Crippen LogP contribution in [0.4, 0.5) is 13.2 Å². The van der Waals surface area contributed by atoms with Crippen LogP contribution in [0.25, 0.3) is 0 Å². The van der Waals surface area contributed by atoms with Gasteiger partial charge in [-0.1, -0.05) is 6.07 Å². The van der Waals surface area contributed by atoms with E-state index in [1.807, 2.05) is 0 Å². The lowest BCUT2D eigenvalue weighted by molar-refractivity contribution is -0.135. The number of halogens is 3. The largest absolute Gasteiger partial charge is 0.390 e. The van der Waals surface area contributed by atoms with Crippen LogP contribution >= 0.6 is 0 Å². The summed E-state index contributed by atoms with van der Waals surface area (Å²) in [7, 11) is -2.94. The second kappa shape index (κ2) is 5.59. The lowest BCUT2D eigenvalue weighted by Gasteiger charge is -2.18. The Morgan fingerprint density at radius 3 is 2.53 bits per heavy atom. The number of nitrogens with zero attached hydrogens (tertiary/aromatic N) is 2. The number of rotatable bonds is 4. The molecule has 0 bridgehead atoms. The second-order valence-electron chi connectivity index (χ2n) is 3.83. The van der Waals surface area contributed by atoms with Gasteiger partial charge in [0, 0.05) is 13.6 Å². The van der Waals surface area contributed by atoms with Gasteiger partial charge in [-0.2, -0.15) is 18.4 Å². The summed E-state index contributed by atoms with van der Waals surface area (Å²) in [6.45, 7) is -0.664. The van der Waals surface area contributed by atoms with Crippen molar-refractivity contribution in [2.75, 3.05) is 13.6 Å². The van der Waals surface area contributed by atoms with E-state index in [1.165, 1.54) is 18.2 Å². The number of sulfonamides is 1. The fourth-order valence-electron chi connectivity index (χ4n) is 1.31. The predicted octanol–water partition coefficient (Wildman–Crippen LogP) is 2.13. The van der Waals surface area contributed by atoms with E-state index in [2.05, 4.69) is 0 Å². The molecule has 0 unspecified atom stereocenters. The van der Waals surface area contributed by atoms with E-state index in [-0.39, 0.29) is 10.5 Å². The van der Waals surface area contributed by atoms with E-state index in [0.29, 0.717) is 4.31 Å². The van der Waals surface area contributed by atoms with Gasteiger partial charge in [0.05, 0.1) is 22.9 Å². The van der Waals surface area contributed by atoms with Crippen molar-refractivity contribution in [2.24, 2.45) is 0 Å². The molecular formula is C11H11F3N2O2S. The van der Waals surface area contributed by atoms with Crippen molar-refractivity contribution in [3.63, 3.8) is 0 Å². The third kappa shape index (κ3) is 4.22. The van der Waals surface area contributed by atoms with Crippen LogP contribution in [0.2, 0.25) is 0 Å². The quantitative estimate of drug-likeness (QED) is 0.854. The van der Waals surface area contributed by atoms with Crippen LogP contribution in [-0.2, 0) is 10.0 Å². The average molecular weight is 292 g/mol. The molecule has 0 saturated heterocycles. The number of hydrogen-bond acceptors (Lipinski definition) is 3. The van der Waals surface area contributed by atoms with Gasteiger partial charge < -0.3 is 0 Å². The van der Waals surface area contributed by atoms with Gasteiger partial charge in [-0.05, 0) is 18.2 Å². The summed E-state index contributed by atoms with van der Waals surface area (Å²) in [6, 6.07) is 6.91. The Bertz CT molecular complexity index is 591. The molecule has 0 N–H and O–H groups in total. The first-order chi connectivity index (χ1) is 8.66. The molecular weight excluding hydrogens is 281 g/mol. The first-order valence-corrected chi connectivity index (χ1v) is 6.64. The van der Waals surface area contributed by atoms with Crippen molar-refractivity contribution in [3.05, 3.63) is 29.8 Å². The van der Waals surface area contributed by atoms with Crippen LogP contribution in [0.5, 0.6) is 0 Å². The van der Waals surface area contributed by atoms with Gasteiger partial charge in [0.1, 0.15) is 0 Å². The van der Waals surface area contributed by atoms with Gasteiger partial charge in [0.2, 0.25) is 10.0 Å². The highest BCUT2D eigenvalue weighted by atomic mass is 32.2. The highest BCUT2D eigenvalue weighted by Crippen LogP contribution is 2.22. The maximum Gasteiger partial charge on any atom is 0.390 e. The van der Waals surface area contributed by atoms with Gasteiger partial charge in [0.25, 0.3) is 0 Å². The van der Waals surface area contributed by atoms with Gasteiger partial charge in [-0.3, -0.25) is 0 Å². The molecule has 8 heteroatoms. The number of nitriles is 1. The Hall–Kier alpha value is -1.59. The van der Waals surface area contributed by atoms with E-state index >= 15 is 0 Å². The SMILES string of the molecule is CN(CCC(F)(F)F)S(=O)(=O)c1cccc(C#N)c1. The molecule has 4 nitrogen and oxygen atoms in total. The molecule has 0 aliphatic carbocycles. The zero-order valence-electron chi connectivity index (χ0n) is 9.98. The summed E-state index contributed by atoms with van der Waals surface area (Å²) in [5.74, 6) is 0. The minimum absolute atomic E-state index is 0.130. The zero-order valence-corrected chi connectivity index (χ0v) is 10.8. The highest BCUT2D eigenvalue weighted by Gasteiger charge is 2.30. The Morgan fingerprint density at radius 1 is 1.37 bits per heavy atom. The summed E-state index contributed by atoms with van der Waals surface area (Å²) in [6.07, 6.45) is -5.64. The van der Waals surface area contributed by atoms with Crippen molar-refractivity contribution >= 4 is 10.0 Å². The molecule has 1 rings (SSSR count). The molecule has 1 aromatic rings. The second-order valence-corrected chi connectivity index (χ2v) is 5.88. The molecule has 0 aliphatic heterocycles. The minimum atomic E-state index is -4.42. The van der Waals surface area contributed by atoms with Crippen LogP contribution in [-0.4, -0.2) is 32.5 Å². The molecule has 0 aliphatic rings. The van der Waals surface area contributed by atoms with Gasteiger partial charge in [0.15, 0.2) is 0 Å². The Labute approximate surface area is 109 Å². The van der Waals surface area contributed by atoms with Crippen LogP contribution in [0.1, 0.15) is 12.0 Å². The smallest absolute Gasteiger partial charge is 0.207 e. The molecule has 0 radical (unpaired) electrons. The molecule has 1 aromatic carbocycles. The van der Waals surface area contributed by atoms with Crippen LogP contribution in [0.3, 0.4) is 0 Å². The summed E-state index contributed by atoms with van der Waals surface area (Å²) < 4.78 is 60.7. The third-order valence-electron chi connectivity index (χ3n) is 2.38. The topological polar surface area (TPSA) is 61.2 Å². The standard InChI is InChI=1S/C11H11F3N2O2S/c1-16(6-5-11(12,13)14)19(17,18)10-4-2-3-9(7-10)8-15/h2-4,7H,5-6H2,1H3. The number of hydrogen-bond donors (Lipinski definition) is 0. The van der Waals surface area contributed by atoms with E-state index in [4.69, 9.17) is 5.26 Å². The normalized spacial score (nSPS) is 12.4. The van der Waals surface area contributed by atoms with Crippen molar-refractivity contribution in [1.82, 2.24) is 4.31 Å². The molecule has 0 saturated carbocycles. The predicted molar refractivity (Wildman–Crippen MR) is 61.6 cm³/mol. The lowest BCUT2D eigenvalue weighted by atomic mass is 10.2. The number of alkyl halides is 3.